The van der Waals surface area contributed by atoms with Gasteiger partial charge in [0.05, 0.1) is 12.2 Å². The molecular weight excluding hydrogens is 168 g/mol. The Morgan fingerprint density at radius 3 is 2.54 bits per heavy atom. The van der Waals surface area contributed by atoms with Crippen LogP contribution in [0.15, 0.2) is 11.6 Å². The van der Waals surface area contributed by atoms with Crippen LogP contribution in [0.5, 0.6) is 0 Å². The fourth-order valence-corrected chi connectivity index (χ4v) is 1.71. The Hall–Kier alpha value is -0.670. The van der Waals surface area contributed by atoms with Crippen LogP contribution < -0.4 is 0 Å². The molecule has 2 N–H and O–H groups in total. The van der Waals surface area contributed by atoms with Gasteiger partial charge >= 0.3 is 0 Å². The van der Waals surface area contributed by atoms with Gasteiger partial charge in [0.25, 0.3) is 0 Å². The van der Waals surface area contributed by atoms with Crippen molar-refractivity contribution in [3.63, 3.8) is 0 Å². The van der Waals surface area contributed by atoms with Crippen molar-refractivity contribution < 1.29 is 15.0 Å². The number of carbonyl (C=O) groups excluding carboxylic acids is 1. The molecule has 74 valence electrons. The second kappa shape index (κ2) is 3.24. The smallest absolute Gasteiger partial charge is 0.164 e. The number of rotatable bonds is 0. The van der Waals surface area contributed by atoms with Crippen LogP contribution in [0.4, 0.5) is 0 Å². The van der Waals surface area contributed by atoms with Gasteiger partial charge in [-0.25, -0.2) is 0 Å². The zero-order chi connectivity index (χ0) is 10.2. The third-order valence-corrected chi connectivity index (χ3v) is 2.51. The zero-order valence-electron chi connectivity index (χ0n) is 8.24. The molecule has 2 atom stereocenters. The molecule has 2 unspecified atom stereocenters. The maximum Gasteiger partial charge on any atom is 0.164 e. The summed E-state index contributed by atoms with van der Waals surface area (Å²) in [4.78, 5) is 11.7. The normalized spacial score (nSPS) is 33.9. The summed E-state index contributed by atoms with van der Waals surface area (Å²) in [5.74, 6) is 0.00287. The molecule has 0 heterocycles. The van der Waals surface area contributed by atoms with Crippen molar-refractivity contribution >= 4 is 5.78 Å². The molecule has 1 aliphatic rings. The Bertz CT molecular complexity index is 253. The largest absolute Gasteiger partial charge is 0.390 e. The summed E-state index contributed by atoms with van der Waals surface area (Å²) in [7, 11) is 0. The van der Waals surface area contributed by atoms with Crippen LogP contribution in [-0.4, -0.2) is 28.2 Å². The topological polar surface area (TPSA) is 57.5 Å². The first-order chi connectivity index (χ1) is 5.84. The first-order valence-electron chi connectivity index (χ1n) is 4.44. The minimum absolute atomic E-state index is 0.00287. The lowest BCUT2D eigenvalue weighted by Gasteiger charge is -2.23. The van der Waals surface area contributed by atoms with Crippen LogP contribution in [0.25, 0.3) is 0 Å². The van der Waals surface area contributed by atoms with E-state index >= 15 is 0 Å². The first-order valence-corrected chi connectivity index (χ1v) is 4.44. The average Bonchev–Trinajstić information content (AvgIpc) is 2.05. The van der Waals surface area contributed by atoms with Crippen LogP contribution in [0, 0.1) is 5.41 Å². The standard InChI is InChI=1S/C10H16O3/c1-6-4-7(11)8(12)5-10(2,3)9(6)13/h4,7-8,11-12H,5H2,1-3H3. The van der Waals surface area contributed by atoms with E-state index in [1.807, 2.05) is 0 Å². The van der Waals surface area contributed by atoms with Crippen LogP contribution in [0.3, 0.4) is 0 Å². The SMILES string of the molecule is CC1=CC(O)C(O)CC(C)(C)C1=O. The maximum atomic E-state index is 11.7. The van der Waals surface area contributed by atoms with E-state index in [1.165, 1.54) is 6.08 Å². The molecule has 3 nitrogen and oxygen atoms in total. The summed E-state index contributed by atoms with van der Waals surface area (Å²) >= 11 is 0. The van der Waals surface area contributed by atoms with Gasteiger partial charge in [0, 0.05) is 5.41 Å². The molecule has 0 aliphatic heterocycles. The van der Waals surface area contributed by atoms with E-state index in [2.05, 4.69) is 0 Å². The van der Waals surface area contributed by atoms with Crippen molar-refractivity contribution in [3.8, 4) is 0 Å². The van der Waals surface area contributed by atoms with Gasteiger partial charge in [-0.15, -0.1) is 0 Å². The van der Waals surface area contributed by atoms with Crippen molar-refractivity contribution in [1.82, 2.24) is 0 Å². The molecule has 1 aliphatic carbocycles. The molecule has 0 aromatic heterocycles. The van der Waals surface area contributed by atoms with Crippen LogP contribution >= 0.6 is 0 Å². The van der Waals surface area contributed by atoms with Gasteiger partial charge in [0.2, 0.25) is 0 Å². The summed E-state index contributed by atoms with van der Waals surface area (Å²) in [6.07, 6.45) is -0.00935. The molecule has 0 aromatic rings. The van der Waals surface area contributed by atoms with E-state index in [0.29, 0.717) is 12.0 Å². The highest BCUT2D eigenvalue weighted by molar-refractivity contribution is 5.99. The molecule has 0 aromatic carbocycles. The maximum absolute atomic E-state index is 11.7. The summed E-state index contributed by atoms with van der Waals surface area (Å²) in [5, 5.41) is 18.9. The summed E-state index contributed by atoms with van der Waals surface area (Å²) in [5.41, 5.74) is -0.0358. The van der Waals surface area contributed by atoms with E-state index in [4.69, 9.17) is 0 Å². The lowest BCUT2D eigenvalue weighted by atomic mass is 9.81. The van der Waals surface area contributed by atoms with E-state index in [0.717, 1.165) is 0 Å². The number of Topliss-reactive ketones (excluding diaryl/α,β-unsaturated/α-hetero) is 1. The summed E-state index contributed by atoms with van der Waals surface area (Å²) < 4.78 is 0. The van der Waals surface area contributed by atoms with Crippen LogP contribution in [0.2, 0.25) is 0 Å². The molecule has 0 saturated carbocycles. The Kier molecular flexibility index (Phi) is 2.59. The zero-order valence-corrected chi connectivity index (χ0v) is 8.24. The summed E-state index contributed by atoms with van der Waals surface area (Å²) in [6, 6.07) is 0. The number of allylic oxidation sites excluding steroid dienone is 1. The van der Waals surface area contributed by atoms with E-state index in [9.17, 15) is 15.0 Å². The van der Waals surface area contributed by atoms with Crippen molar-refractivity contribution in [3.05, 3.63) is 11.6 Å². The number of aliphatic hydroxyl groups excluding tert-OH is 2. The number of hydrogen-bond acceptors (Lipinski definition) is 3. The molecule has 0 amide bonds. The predicted molar refractivity (Wildman–Crippen MR) is 49.2 cm³/mol. The highest BCUT2D eigenvalue weighted by Gasteiger charge is 2.35. The number of aliphatic hydroxyl groups is 2. The third kappa shape index (κ3) is 1.98. The number of ketones is 1. The van der Waals surface area contributed by atoms with Crippen LogP contribution in [0.1, 0.15) is 27.2 Å². The fraction of sp³-hybridized carbons (Fsp3) is 0.700. The molecule has 0 radical (unpaired) electrons. The second-order valence-corrected chi connectivity index (χ2v) is 4.32. The first kappa shape index (κ1) is 10.4. The molecule has 0 saturated heterocycles. The fourth-order valence-electron chi connectivity index (χ4n) is 1.71. The van der Waals surface area contributed by atoms with E-state index in [1.54, 1.807) is 20.8 Å². The highest BCUT2D eigenvalue weighted by Crippen LogP contribution is 2.31. The minimum Gasteiger partial charge on any atom is -0.390 e. The molecule has 0 spiro atoms. The summed E-state index contributed by atoms with van der Waals surface area (Å²) in [6.45, 7) is 5.24. The number of hydrogen-bond donors (Lipinski definition) is 2. The quantitative estimate of drug-likeness (QED) is 0.581. The molecule has 13 heavy (non-hydrogen) atoms. The van der Waals surface area contributed by atoms with Crippen molar-refractivity contribution in [2.24, 2.45) is 5.41 Å². The third-order valence-electron chi connectivity index (χ3n) is 2.51. The lowest BCUT2D eigenvalue weighted by molar-refractivity contribution is -0.124. The van der Waals surface area contributed by atoms with Crippen molar-refractivity contribution in [1.29, 1.82) is 0 Å². The van der Waals surface area contributed by atoms with Gasteiger partial charge in [0.1, 0.15) is 0 Å². The van der Waals surface area contributed by atoms with Gasteiger partial charge in [-0.3, -0.25) is 4.79 Å². The molecule has 3 heteroatoms. The Balaban J connectivity index is 3.02. The Labute approximate surface area is 78.1 Å². The van der Waals surface area contributed by atoms with Gasteiger partial charge < -0.3 is 10.2 Å². The highest BCUT2D eigenvalue weighted by atomic mass is 16.3. The Morgan fingerprint density at radius 1 is 1.46 bits per heavy atom. The monoisotopic (exact) mass is 184 g/mol. The molecule has 1 rings (SSSR count). The molecule has 0 fully saturated rings. The van der Waals surface area contributed by atoms with Gasteiger partial charge in [-0.05, 0) is 25.0 Å². The van der Waals surface area contributed by atoms with Gasteiger partial charge in [-0.2, -0.15) is 0 Å². The molecular formula is C10H16O3. The molecule has 0 bridgehead atoms. The minimum atomic E-state index is -0.911. The van der Waals surface area contributed by atoms with Crippen molar-refractivity contribution in [2.75, 3.05) is 0 Å². The van der Waals surface area contributed by atoms with Gasteiger partial charge in [0.15, 0.2) is 5.78 Å². The average molecular weight is 184 g/mol. The van der Waals surface area contributed by atoms with E-state index in [-0.39, 0.29) is 5.78 Å². The Morgan fingerprint density at radius 2 is 2.00 bits per heavy atom. The van der Waals surface area contributed by atoms with Crippen LogP contribution in [-0.2, 0) is 4.79 Å². The van der Waals surface area contributed by atoms with Gasteiger partial charge in [-0.1, -0.05) is 13.8 Å². The van der Waals surface area contributed by atoms with E-state index < -0.39 is 17.6 Å². The second-order valence-electron chi connectivity index (χ2n) is 4.32. The predicted octanol–water partition coefficient (Wildman–Crippen LogP) is 0.654. The lowest BCUT2D eigenvalue weighted by Crippen LogP contribution is -2.31. The van der Waals surface area contributed by atoms with Crippen molar-refractivity contribution in [2.45, 2.75) is 39.4 Å². The number of carbonyl (C=O) groups is 1.